The molecule has 1 saturated heterocycles. The number of carbonyl (C=O) groups is 1. The van der Waals surface area contributed by atoms with E-state index in [0.717, 1.165) is 12.1 Å². The Hall–Kier alpha value is -3.86. The number of nitrogens with zero attached hydrogens (tertiary/aromatic N) is 3. The van der Waals surface area contributed by atoms with Crippen LogP contribution < -0.4 is 10.1 Å². The average Bonchev–Trinajstić information content (AvgIpc) is 3.43. The number of methoxy groups -OCH3 is 3. The SMILES string of the molecule is CO[C@@H]1[C@@H](OC)[C@H](C)O[C@H](OC(=O)Nc2ccc(-c3ncn(-c4ccc(OC(F)(F)C(F)(F)F)cc4)n3)cc2)[C@@H]1OC. The molecule has 2 heterocycles. The average molecular weight is 603 g/mol. The van der Waals surface area contributed by atoms with E-state index < -0.39 is 54.8 Å². The molecule has 3 aromatic rings. The van der Waals surface area contributed by atoms with Crippen LogP contribution in [-0.4, -0.2) is 85.2 Å². The Morgan fingerprint density at radius 2 is 1.52 bits per heavy atom. The molecule has 2 aromatic carbocycles. The van der Waals surface area contributed by atoms with Crippen LogP contribution in [0.15, 0.2) is 54.9 Å². The molecule has 0 saturated carbocycles. The smallest absolute Gasteiger partial charge is 0.426 e. The van der Waals surface area contributed by atoms with Gasteiger partial charge < -0.3 is 28.4 Å². The number of amides is 1. The summed E-state index contributed by atoms with van der Waals surface area (Å²) in [5, 5.41) is 6.88. The lowest BCUT2D eigenvalue weighted by atomic mass is 9.99. The number of rotatable bonds is 9. The molecule has 1 amide bonds. The lowest BCUT2D eigenvalue weighted by Crippen LogP contribution is -2.59. The number of hydrogen-bond acceptors (Lipinski definition) is 9. The van der Waals surface area contributed by atoms with Gasteiger partial charge in [-0.2, -0.15) is 22.0 Å². The summed E-state index contributed by atoms with van der Waals surface area (Å²) < 4.78 is 96.0. The second-order valence-electron chi connectivity index (χ2n) is 9.04. The van der Waals surface area contributed by atoms with Gasteiger partial charge in [-0.25, -0.2) is 14.5 Å². The number of nitrogens with one attached hydrogen (secondary N) is 1. The molecule has 16 heteroatoms. The summed E-state index contributed by atoms with van der Waals surface area (Å²) in [4.78, 5) is 16.8. The van der Waals surface area contributed by atoms with Gasteiger partial charge in [-0.3, -0.25) is 5.32 Å². The summed E-state index contributed by atoms with van der Waals surface area (Å²) >= 11 is 0. The standard InChI is InChI=1S/C26H27F5N4O7/c1-14-19(37-2)20(38-3)21(39-4)23(40-14)41-24(36)33-16-7-5-15(6-8-16)22-32-13-35(34-22)17-9-11-18(12-10-17)42-26(30,31)25(27,28)29/h5-14,19-21,23H,1-4H3,(H,33,36)/t14-,19-,20+,21+,23+/m0/s1. The molecule has 1 N–H and O–H groups in total. The largest absolute Gasteiger partial charge is 0.499 e. The van der Waals surface area contributed by atoms with Crippen molar-refractivity contribution < 1.29 is 55.2 Å². The monoisotopic (exact) mass is 602 g/mol. The number of ether oxygens (including phenoxy) is 6. The molecular formula is C26H27F5N4O7. The molecule has 1 aliphatic rings. The van der Waals surface area contributed by atoms with Crippen LogP contribution in [0.5, 0.6) is 5.75 Å². The van der Waals surface area contributed by atoms with Crippen LogP contribution in [-0.2, 0) is 23.7 Å². The van der Waals surface area contributed by atoms with E-state index in [1.165, 1.54) is 44.5 Å². The minimum Gasteiger partial charge on any atom is -0.426 e. The first-order valence-electron chi connectivity index (χ1n) is 12.3. The number of hydrogen-bond donors (Lipinski definition) is 1. The molecule has 0 spiro atoms. The maximum Gasteiger partial charge on any atom is 0.499 e. The van der Waals surface area contributed by atoms with Crippen LogP contribution in [0.1, 0.15) is 6.92 Å². The van der Waals surface area contributed by atoms with Crippen LogP contribution >= 0.6 is 0 Å². The van der Waals surface area contributed by atoms with E-state index in [1.54, 1.807) is 31.2 Å². The van der Waals surface area contributed by atoms with E-state index in [-0.39, 0.29) is 5.82 Å². The predicted molar refractivity (Wildman–Crippen MR) is 135 cm³/mol. The van der Waals surface area contributed by atoms with Crippen molar-refractivity contribution in [2.75, 3.05) is 26.6 Å². The molecule has 4 rings (SSSR count). The van der Waals surface area contributed by atoms with Crippen LogP contribution in [0.25, 0.3) is 17.1 Å². The number of alkyl halides is 5. The molecule has 0 radical (unpaired) electrons. The van der Waals surface area contributed by atoms with E-state index in [0.29, 0.717) is 16.9 Å². The summed E-state index contributed by atoms with van der Waals surface area (Å²) in [7, 11) is 4.45. The molecule has 1 fully saturated rings. The van der Waals surface area contributed by atoms with Crippen LogP contribution in [0.3, 0.4) is 0 Å². The van der Waals surface area contributed by atoms with Gasteiger partial charge in [0.2, 0.25) is 6.29 Å². The van der Waals surface area contributed by atoms with E-state index in [2.05, 4.69) is 20.1 Å². The zero-order chi connectivity index (χ0) is 30.7. The quantitative estimate of drug-likeness (QED) is 0.345. The summed E-state index contributed by atoms with van der Waals surface area (Å²) in [6.45, 7) is 1.76. The molecule has 1 aliphatic heterocycles. The fraction of sp³-hybridized carbons (Fsp3) is 0.423. The van der Waals surface area contributed by atoms with Gasteiger partial charge in [-0.15, -0.1) is 5.10 Å². The highest BCUT2D eigenvalue weighted by Gasteiger charge is 2.61. The van der Waals surface area contributed by atoms with E-state index in [1.807, 2.05) is 0 Å². The molecule has 228 valence electrons. The highest BCUT2D eigenvalue weighted by molar-refractivity contribution is 5.85. The first-order chi connectivity index (χ1) is 19.9. The van der Waals surface area contributed by atoms with Gasteiger partial charge in [0.15, 0.2) is 5.82 Å². The molecular weight excluding hydrogens is 575 g/mol. The van der Waals surface area contributed by atoms with Crippen LogP contribution in [0, 0.1) is 0 Å². The molecule has 5 atom stereocenters. The first kappa shape index (κ1) is 31.1. The highest BCUT2D eigenvalue weighted by Crippen LogP contribution is 2.37. The van der Waals surface area contributed by atoms with Crippen LogP contribution in [0.2, 0.25) is 0 Å². The minimum absolute atomic E-state index is 0.277. The van der Waals surface area contributed by atoms with Crippen molar-refractivity contribution >= 4 is 11.8 Å². The Labute approximate surface area is 236 Å². The number of halogens is 5. The van der Waals surface area contributed by atoms with Gasteiger partial charge >= 0.3 is 18.4 Å². The third kappa shape index (κ3) is 6.78. The Bertz CT molecular complexity index is 1340. The van der Waals surface area contributed by atoms with E-state index in [4.69, 9.17) is 23.7 Å². The number of anilines is 1. The van der Waals surface area contributed by atoms with Crippen molar-refractivity contribution in [3.8, 4) is 22.8 Å². The normalized spacial score (nSPS) is 22.9. The van der Waals surface area contributed by atoms with Crippen LogP contribution in [0.4, 0.5) is 32.4 Å². The maximum absolute atomic E-state index is 13.1. The zero-order valence-corrected chi connectivity index (χ0v) is 22.7. The predicted octanol–water partition coefficient (Wildman–Crippen LogP) is 4.81. The van der Waals surface area contributed by atoms with Crippen molar-refractivity contribution in [1.29, 1.82) is 0 Å². The third-order valence-corrected chi connectivity index (χ3v) is 6.33. The number of carbonyl (C=O) groups excluding carboxylic acids is 1. The van der Waals surface area contributed by atoms with Crippen molar-refractivity contribution in [2.45, 2.75) is 49.9 Å². The Kier molecular flexibility index (Phi) is 9.30. The van der Waals surface area contributed by atoms with E-state index >= 15 is 0 Å². The van der Waals surface area contributed by atoms with Crippen molar-refractivity contribution in [3.05, 3.63) is 54.9 Å². The Balaban J connectivity index is 1.37. The fourth-order valence-electron chi connectivity index (χ4n) is 4.26. The lowest BCUT2D eigenvalue weighted by molar-refractivity contribution is -0.360. The summed E-state index contributed by atoms with van der Waals surface area (Å²) in [6.07, 6.45) is -13.9. The molecule has 0 bridgehead atoms. The summed E-state index contributed by atoms with van der Waals surface area (Å²) in [6, 6.07) is 10.8. The molecule has 0 unspecified atom stereocenters. The Morgan fingerprint density at radius 3 is 2.10 bits per heavy atom. The van der Waals surface area contributed by atoms with Crippen molar-refractivity contribution in [3.63, 3.8) is 0 Å². The van der Waals surface area contributed by atoms with Crippen molar-refractivity contribution in [2.24, 2.45) is 0 Å². The fourth-order valence-corrected chi connectivity index (χ4v) is 4.26. The van der Waals surface area contributed by atoms with Gasteiger partial charge in [-0.1, -0.05) is 0 Å². The summed E-state index contributed by atoms with van der Waals surface area (Å²) in [5.41, 5.74) is 1.29. The number of benzene rings is 2. The summed E-state index contributed by atoms with van der Waals surface area (Å²) in [5.74, 6) is -0.401. The molecule has 42 heavy (non-hydrogen) atoms. The Morgan fingerprint density at radius 1 is 0.905 bits per heavy atom. The van der Waals surface area contributed by atoms with Crippen molar-refractivity contribution in [1.82, 2.24) is 14.8 Å². The molecule has 1 aromatic heterocycles. The van der Waals surface area contributed by atoms with Gasteiger partial charge in [0.1, 0.15) is 30.4 Å². The second-order valence-corrected chi connectivity index (χ2v) is 9.04. The highest BCUT2D eigenvalue weighted by atomic mass is 19.4. The molecule has 0 aliphatic carbocycles. The first-order valence-corrected chi connectivity index (χ1v) is 12.3. The molecule has 11 nitrogen and oxygen atoms in total. The lowest BCUT2D eigenvalue weighted by Gasteiger charge is -2.43. The van der Waals surface area contributed by atoms with Gasteiger partial charge in [0.25, 0.3) is 0 Å². The number of aromatic nitrogens is 3. The third-order valence-electron chi connectivity index (χ3n) is 6.33. The van der Waals surface area contributed by atoms with Gasteiger partial charge in [-0.05, 0) is 55.5 Å². The topological polar surface area (TPSA) is 115 Å². The maximum atomic E-state index is 13.1. The zero-order valence-electron chi connectivity index (χ0n) is 22.7. The van der Waals surface area contributed by atoms with E-state index in [9.17, 15) is 26.7 Å². The van der Waals surface area contributed by atoms with Gasteiger partial charge in [0, 0.05) is 32.6 Å². The minimum atomic E-state index is -5.85. The second kappa shape index (κ2) is 12.6. The van der Waals surface area contributed by atoms with Gasteiger partial charge in [0.05, 0.1) is 11.8 Å².